The molecule has 1 heterocycles. The molecule has 0 aliphatic heterocycles. The number of ether oxygens (including phenoxy) is 2. The van der Waals surface area contributed by atoms with Gasteiger partial charge in [-0.05, 0) is 49.8 Å². The van der Waals surface area contributed by atoms with Crippen molar-refractivity contribution in [2.45, 2.75) is 39.0 Å². The van der Waals surface area contributed by atoms with Crippen LogP contribution in [0.2, 0.25) is 0 Å². The van der Waals surface area contributed by atoms with Crippen LogP contribution in [0.3, 0.4) is 0 Å². The molecule has 7 heteroatoms. The summed E-state index contributed by atoms with van der Waals surface area (Å²) in [4.78, 5) is 26.7. The van der Waals surface area contributed by atoms with Gasteiger partial charge in [-0.15, -0.1) is 11.3 Å². The number of methoxy groups -OCH3 is 1. The topological polar surface area (TPSA) is 88.4 Å². The first-order chi connectivity index (χ1) is 14.5. The van der Waals surface area contributed by atoms with Gasteiger partial charge in [0.15, 0.2) is 0 Å². The third-order valence-electron chi connectivity index (χ3n) is 5.07. The van der Waals surface area contributed by atoms with Crippen molar-refractivity contribution in [2.75, 3.05) is 19.0 Å². The van der Waals surface area contributed by atoms with E-state index in [0.29, 0.717) is 21.9 Å². The van der Waals surface area contributed by atoms with E-state index >= 15 is 0 Å². The normalized spacial score (nSPS) is 15.7. The monoisotopic (exact) mass is 424 g/mol. The predicted molar refractivity (Wildman–Crippen MR) is 117 cm³/mol. The average Bonchev–Trinajstić information content (AvgIpc) is 3.11. The van der Waals surface area contributed by atoms with E-state index in [1.54, 1.807) is 25.1 Å². The number of esters is 1. The van der Waals surface area contributed by atoms with Gasteiger partial charge in [-0.2, -0.15) is 5.26 Å². The number of amides is 1. The third kappa shape index (κ3) is 4.39. The molecule has 156 valence electrons. The minimum Gasteiger partial charge on any atom is -0.496 e. The number of nitriles is 1. The van der Waals surface area contributed by atoms with Gasteiger partial charge >= 0.3 is 5.97 Å². The molecular formula is C23H24N2O4S. The molecule has 6 nitrogen and oxygen atoms in total. The zero-order valence-corrected chi connectivity index (χ0v) is 18.1. The van der Waals surface area contributed by atoms with Crippen molar-refractivity contribution in [3.8, 4) is 11.8 Å². The number of hydrogen-bond donors (Lipinski definition) is 1. The number of nitrogens with zero attached hydrogens (tertiary/aromatic N) is 1. The van der Waals surface area contributed by atoms with Crippen molar-refractivity contribution >= 4 is 34.3 Å². The Labute approximate surface area is 180 Å². The van der Waals surface area contributed by atoms with E-state index in [0.717, 1.165) is 29.7 Å². The molecule has 3 rings (SSSR count). The van der Waals surface area contributed by atoms with Crippen LogP contribution in [0, 0.1) is 11.3 Å². The molecule has 2 aromatic rings. The summed E-state index contributed by atoms with van der Waals surface area (Å²) in [5.74, 6) is -0.230. The predicted octanol–water partition coefficient (Wildman–Crippen LogP) is 4.92. The zero-order valence-electron chi connectivity index (χ0n) is 17.3. The quantitative estimate of drug-likeness (QED) is 0.404. The fourth-order valence-corrected chi connectivity index (χ4v) is 5.01. The lowest BCUT2D eigenvalue weighted by Gasteiger charge is -2.19. The van der Waals surface area contributed by atoms with Crippen molar-refractivity contribution in [3.05, 3.63) is 51.4 Å². The molecule has 1 amide bonds. The molecule has 1 aliphatic carbocycles. The molecule has 30 heavy (non-hydrogen) atoms. The lowest BCUT2D eigenvalue weighted by atomic mass is 9.86. The Bertz CT molecular complexity index is 1030. The number of anilines is 1. The summed E-state index contributed by atoms with van der Waals surface area (Å²) in [5.41, 5.74) is 1.93. The second-order valence-corrected chi connectivity index (χ2v) is 8.13. The SMILES string of the molecule is CCOC(=O)c1c(NC(=O)C(C#N)=Cc2ccccc2OC)sc2c1C(C)CCC2. The average molecular weight is 425 g/mol. The number of thiophene rings is 1. The first-order valence-corrected chi connectivity index (χ1v) is 10.7. The van der Waals surface area contributed by atoms with Crippen LogP contribution in [0.1, 0.15) is 59.0 Å². The second-order valence-electron chi connectivity index (χ2n) is 7.02. The maximum absolute atomic E-state index is 12.9. The number of benzene rings is 1. The highest BCUT2D eigenvalue weighted by atomic mass is 32.1. The van der Waals surface area contributed by atoms with E-state index in [-0.39, 0.29) is 18.1 Å². The standard InChI is InChI=1S/C23H24N2O4S/c1-4-29-23(27)20-19-14(2)8-7-11-18(19)30-22(20)25-21(26)16(13-24)12-15-9-5-6-10-17(15)28-3/h5-6,9-10,12,14H,4,7-8,11H2,1-3H3,(H,25,26). The summed E-state index contributed by atoms with van der Waals surface area (Å²) < 4.78 is 10.5. The molecule has 0 fully saturated rings. The first-order valence-electron chi connectivity index (χ1n) is 9.88. The molecule has 0 bridgehead atoms. The summed E-state index contributed by atoms with van der Waals surface area (Å²) in [6.45, 7) is 4.09. The van der Waals surface area contributed by atoms with Gasteiger partial charge in [0.2, 0.25) is 0 Å². The number of nitrogens with one attached hydrogen (secondary N) is 1. The van der Waals surface area contributed by atoms with Gasteiger partial charge in [0.05, 0.1) is 19.3 Å². The van der Waals surface area contributed by atoms with E-state index in [1.165, 1.54) is 24.5 Å². The van der Waals surface area contributed by atoms with Crippen LogP contribution in [0.25, 0.3) is 6.08 Å². The highest BCUT2D eigenvalue weighted by Gasteiger charge is 2.31. The Kier molecular flexibility index (Phi) is 6.91. The highest BCUT2D eigenvalue weighted by Crippen LogP contribution is 2.43. The molecule has 1 aromatic heterocycles. The van der Waals surface area contributed by atoms with Crippen LogP contribution < -0.4 is 10.1 Å². The number of rotatable bonds is 6. The smallest absolute Gasteiger partial charge is 0.341 e. The van der Waals surface area contributed by atoms with Crippen molar-refractivity contribution < 1.29 is 19.1 Å². The number of aryl methyl sites for hydroxylation is 1. The molecule has 0 saturated carbocycles. The Morgan fingerprint density at radius 1 is 1.37 bits per heavy atom. The summed E-state index contributed by atoms with van der Waals surface area (Å²) in [6.07, 6.45) is 4.38. The second kappa shape index (κ2) is 9.59. The van der Waals surface area contributed by atoms with Gasteiger partial charge < -0.3 is 14.8 Å². The van der Waals surface area contributed by atoms with E-state index in [9.17, 15) is 14.9 Å². The number of carbonyl (C=O) groups excluding carboxylic acids is 2. The molecule has 1 aromatic carbocycles. The summed E-state index contributed by atoms with van der Waals surface area (Å²) in [7, 11) is 1.53. The van der Waals surface area contributed by atoms with E-state index in [2.05, 4.69) is 12.2 Å². The fraction of sp³-hybridized carbons (Fsp3) is 0.348. The van der Waals surface area contributed by atoms with Crippen LogP contribution in [-0.4, -0.2) is 25.6 Å². The van der Waals surface area contributed by atoms with E-state index in [4.69, 9.17) is 9.47 Å². The minimum atomic E-state index is -0.569. The third-order valence-corrected chi connectivity index (χ3v) is 6.25. The number of carbonyl (C=O) groups is 2. The Morgan fingerprint density at radius 2 is 2.13 bits per heavy atom. The molecule has 0 radical (unpaired) electrons. The lowest BCUT2D eigenvalue weighted by molar-refractivity contribution is -0.112. The van der Waals surface area contributed by atoms with Gasteiger partial charge in [-0.3, -0.25) is 4.79 Å². The summed E-state index contributed by atoms with van der Waals surface area (Å²) in [6, 6.07) is 9.08. The summed E-state index contributed by atoms with van der Waals surface area (Å²) >= 11 is 1.40. The molecule has 1 aliphatic rings. The minimum absolute atomic E-state index is 0.0753. The van der Waals surface area contributed by atoms with Crippen molar-refractivity contribution in [1.82, 2.24) is 0 Å². The van der Waals surface area contributed by atoms with E-state index in [1.807, 2.05) is 12.1 Å². The molecule has 1 N–H and O–H groups in total. The van der Waals surface area contributed by atoms with Crippen LogP contribution in [0.15, 0.2) is 29.8 Å². The number of para-hydroxylation sites is 1. The maximum Gasteiger partial charge on any atom is 0.341 e. The first kappa shape index (κ1) is 21.6. The Hall–Kier alpha value is -3.11. The molecule has 1 atom stereocenters. The summed E-state index contributed by atoms with van der Waals surface area (Å²) in [5, 5.41) is 12.8. The van der Waals surface area contributed by atoms with Crippen LogP contribution in [0.5, 0.6) is 5.75 Å². The van der Waals surface area contributed by atoms with Crippen LogP contribution in [0.4, 0.5) is 5.00 Å². The number of hydrogen-bond acceptors (Lipinski definition) is 6. The van der Waals surface area contributed by atoms with Crippen molar-refractivity contribution in [1.29, 1.82) is 5.26 Å². The van der Waals surface area contributed by atoms with Gasteiger partial charge in [-0.1, -0.05) is 25.1 Å². The molecule has 0 spiro atoms. The van der Waals surface area contributed by atoms with Crippen molar-refractivity contribution in [2.24, 2.45) is 0 Å². The molecule has 0 saturated heterocycles. The molecular weight excluding hydrogens is 400 g/mol. The lowest BCUT2D eigenvalue weighted by Crippen LogP contribution is -2.17. The van der Waals surface area contributed by atoms with Gasteiger partial charge in [0, 0.05) is 10.4 Å². The Balaban J connectivity index is 1.97. The fourth-order valence-electron chi connectivity index (χ4n) is 3.67. The van der Waals surface area contributed by atoms with Gasteiger partial charge in [0.1, 0.15) is 22.4 Å². The largest absolute Gasteiger partial charge is 0.496 e. The zero-order chi connectivity index (χ0) is 21.7. The van der Waals surface area contributed by atoms with Crippen LogP contribution >= 0.6 is 11.3 Å². The Morgan fingerprint density at radius 3 is 2.83 bits per heavy atom. The van der Waals surface area contributed by atoms with Crippen molar-refractivity contribution in [3.63, 3.8) is 0 Å². The highest BCUT2D eigenvalue weighted by molar-refractivity contribution is 7.17. The molecule has 1 unspecified atom stereocenters. The number of fused-ring (bicyclic) bond motifs is 1. The van der Waals surface area contributed by atoms with Crippen LogP contribution in [-0.2, 0) is 16.0 Å². The maximum atomic E-state index is 12.9. The van der Waals surface area contributed by atoms with E-state index < -0.39 is 11.9 Å². The van der Waals surface area contributed by atoms with Gasteiger partial charge in [-0.25, -0.2) is 4.79 Å². The van der Waals surface area contributed by atoms with Gasteiger partial charge in [0.25, 0.3) is 5.91 Å².